The van der Waals surface area contributed by atoms with Gasteiger partial charge in [0.1, 0.15) is 0 Å². The molecule has 2 aliphatic rings. The number of rotatable bonds is 6. The fourth-order valence-electron chi connectivity index (χ4n) is 4.20. The lowest BCUT2D eigenvalue weighted by atomic mass is 9.88. The average Bonchev–Trinajstić information content (AvgIpc) is 3.03. The van der Waals surface area contributed by atoms with E-state index >= 15 is 0 Å². The maximum absolute atomic E-state index is 5.52. The van der Waals surface area contributed by atoms with Gasteiger partial charge in [0.2, 0.25) is 0 Å². The van der Waals surface area contributed by atoms with Gasteiger partial charge in [0, 0.05) is 51.3 Å². The van der Waals surface area contributed by atoms with E-state index in [0.717, 1.165) is 50.6 Å². The fraction of sp³-hybridized carbons (Fsp3) is 0.950. The molecule has 0 aromatic carbocycles. The Hall–Kier alpha value is -0.810. The van der Waals surface area contributed by atoms with Gasteiger partial charge < -0.3 is 15.0 Å². The molecule has 2 rings (SSSR count). The summed E-state index contributed by atoms with van der Waals surface area (Å²) in [7, 11) is 2.15. The average molecular weight is 353 g/mol. The number of piperidine rings is 1. The molecule has 0 radical (unpaired) electrons. The molecule has 5 nitrogen and oxygen atoms in total. The largest absolute Gasteiger partial charge is 0.381 e. The van der Waals surface area contributed by atoms with E-state index in [0.29, 0.717) is 5.92 Å². The van der Waals surface area contributed by atoms with E-state index in [1.54, 1.807) is 0 Å². The molecule has 0 amide bonds. The number of hydrogen-bond donors (Lipinski definition) is 1. The minimum Gasteiger partial charge on any atom is -0.381 e. The van der Waals surface area contributed by atoms with Crippen molar-refractivity contribution in [3.63, 3.8) is 0 Å². The first-order valence-electron chi connectivity index (χ1n) is 10.1. The predicted octanol–water partition coefficient (Wildman–Crippen LogP) is 2.68. The number of nitrogens with zero attached hydrogens (tertiary/aromatic N) is 3. The number of aliphatic imine (C=N–C) groups is 1. The first-order valence-corrected chi connectivity index (χ1v) is 10.1. The van der Waals surface area contributed by atoms with Crippen LogP contribution >= 0.6 is 0 Å². The normalized spacial score (nSPS) is 29.0. The lowest BCUT2D eigenvalue weighted by molar-refractivity contribution is 0.0511. The van der Waals surface area contributed by atoms with E-state index < -0.39 is 0 Å². The smallest absolute Gasteiger partial charge is 0.193 e. The molecule has 3 unspecified atom stereocenters. The first kappa shape index (κ1) is 20.5. The van der Waals surface area contributed by atoms with Crippen molar-refractivity contribution in [2.45, 2.75) is 53.0 Å². The molecule has 0 aromatic heterocycles. The highest BCUT2D eigenvalue weighted by Crippen LogP contribution is 2.27. The van der Waals surface area contributed by atoms with E-state index in [4.69, 9.17) is 9.73 Å². The van der Waals surface area contributed by atoms with Crippen molar-refractivity contribution in [3.05, 3.63) is 0 Å². The maximum atomic E-state index is 5.52. The molecule has 1 N–H and O–H groups in total. The number of likely N-dealkylation sites (tertiary alicyclic amines) is 1. The van der Waals surface area contributed by atoms with Crippen LogP contribution in [0, 0.1) is 17.8 Å². The molecule has 2 saturated heterocycles. The summed E-state index contributed by atoms with van der Waals surface area (Å²) < 4.78 is 5.52. The van der Waals surface area contributed by atoms with E-state index in [2.05, 4.69) is 56.8 Å². The summed E-state index contributed by atoms with van der Waals surface area (Å²) in [5.74, 6) is 3.22. The lowest BCUT2D eigenvalue weighted by Gasteiger charge is -2.44. The topological polar surface area (TPSA) is 40.1 Å². The van der Waals surface area contributed by atoms with Crippen LogP contribution in [0.15, 0.2) is 4.99 Å². The standard InChI is InChI=1S/C20H40N4O/c1-7-21-19(23(6)13-18-8-9-25-14-18)22-15-20(4,5)24-11-16(2)10-17(3)12-24/h16-18H,7-15H2,1-6H3,(H,21,22). The van der Waals surface area contributed by atoms with E-state index in [-0.39, 0.29) is 5.54 Å². The Balaban J connectivity index is 1.97. The van der Waals surface area contributed by atoms with Crippen LogP contribution in [-0.2, 0) is 4.74 Å². The molecule has 146 valence electrons. The third kappa shape index (κ3) is 6.14. The second-order valence-corrected chi connectivity index (χ2v) is 8.94. The molecule has 0 aliphatic carbocycles. The van der Waals surface area contributed by atoms with Crippen LogP contribution in [0.1, 0.15) is 47.5 Å². The Morgan fingerprint density at radius 3 is 2.52 bits per heavy atom. The molecular formula is C20H40N4O. The van der Waals surface area contributed by atoms with Crippen LogP contribution in [-0.4, -0.2) is 74.3 Å². The van der Waals surface area contributed by atoms with Gasteiger partial charge in [-0.3, -0.25) is 9.89 Å². The highest BCUT2D eigenvalue weighted by Gasteiger charge is 2.32. The van der Waals surface area contributed by atoms with Crippen molar-refractivity contribution >= 4 is 5.96 Å². The van der Waals surface area contributed by atoms with Crippen molar-refractivity contribution in [2.24, 2.45) is 22.7 Å². The van der Waals surface area contributed by atoms with Gasteiger partial charge in [-0.15, -0.1) is 0 Å². The number of nitrogens with one attached hydrogen (secondary N) is 1. The summed E-state index contributed by atoms with van der Waals surface area (Å²) in [4.78, 5) is 9.92. The van der Waals surface area contributed by atoms with Gasteiger partial charge in [-0.05, 0) is 45.4 Å². The van der Waals surface area contributed by atoms with Gasteiger partial charge >= 0.3 is 0 Å². The van der Waals surface area contributed by atoms with Gasteiger partial charge in [0.05, 0.1) is 13.2 Å². The summed E-state index contributed by atoms with van der Waals surface area (Å²) in [5.41, 5.74) is 0.0981. The van der Waals surface area contributed by atoms with Crippen molar-refractivity contribution < 1.29 is 4.74 Å². The SMILES string of the molecule is CCNC(=NCC(C)(C)N1CC(C)CC(C)C1)N(C)CC1CCOC1. The summed E-state index contributed by atoms with van der Waals surface area (Å²) in [6.45, 7) is 18.5. The van der Waals surface area contributed by atoms with E-state index in [9.17, 15) is 0 Å². The zero-order valence-electron chi connectivity index (χ0n) is 17.3. The van der Waals surface area contributed by atoms with E-state index in [1.165, 1.54) is 25.9 Å². The van der Waals surface area contributed by atoms with Crippen LogP contribution in [0.5, 0.6) is 0 Å². The van der Waals surface area contributed by atoms with Crippen LogP contribution in [0.2, 0.25) is 0 Å². The van der Waals surface area contributed by atoms with Crippen LogP contribution in [0.4, 0.5) is 0 Å². The summed E-state index contributed by atoms with van der Waals surface area (Å²) in [6, 6.07) is 0. The summed E-state index contributed by atoms with van der Waals surface area (Å²) in [6.07, 6.45) is 2.52. The van der Waals surface area contributed by atoms with Crippen LogP contribution < -0.4 is 5.32 Å². The molecule has 2 heterocycles. The number of ether oxygens (including phenoxy) is 1. The Morgan fingerprint density at radius 2 is 1.96 bits per heavy atom. The van der Waals surface area contributed by atoms with Crippen LogP contribution in [0.3, 0.4) is 0 Å². The van der Waals surface area contributed by atoms with Crippen molar-refractivity contribution in [1.82, 2.24) is 15.1 Å². The monoisotopic (exact) mass is 352 g/mol. The zero-order chi connectivity index (χ0) is 18.4. The second-order valence-electron chi connectivity index (χ2n) is 8.94. The van der Waals surface area contributed by atoms with E-state index in [1.807, 2.05) is 0 Å². The number of guanidine groups is 1. The predicted molar refractivity (Wildman–Crippen MR) is 106 cm³/mol. The molecule has 2 fully saturated rings. The molecule has 2 aliphatic heterocycles. The minimum atomic E-state index is 0.0981. The molecule has 25 heavy (non-hydrogen) atoms. The Morgan fingerprint density at radius 1 is 1.28 bits per heavy atom. The highest BCUT2D eigenvalue weighted by molar-refractivity contribution is 5.79. The molecule has 0 saturated carbocycles. The van der Waals surface area contributed by atoms with Crippen molar-refractivity contribution in [2.75, 3.05) is 53.0 Å². The first-order chi connectivity index (χ1) is 11.8. The van der Waals surface area contributed by atoms with Gasteiger partial charge in [-0.2, -0.15) is 0 Å². The Kier molecular flexibility index (Phi) is 7.56. The molecule has 0 bridgehead atoms. The van der Waals surface area contributed by atoms with Crippen molar-refractivity contribution in [3.8, 4) is 0 Å². The summed E-state index contributed by atoms with van der Waals surface area (Å²) in [5, 5.41) is 3.47. The molecular weight excluding hydrogens is 312 g/mol. The third-order valence-electron chi connectivity index (χ3n) is 5.59. The Labute approximate surface area is 155 Å². The minimum absolute atomic E-state index is 0.0981. The Bertz CT molecular complexity index is 421. The van der Waals surface area contributed by atoms with Crippen molar-refractivity contribution in [1.29, 1.82) is 0 Å². The van der Waals surface area contributed by atoms with Gasteiger partial charge in [-0.1, -0.05) is 13.8 Å². The van der Waals surface area contributed by atoms with Crippen LogP contribution in [0.25, 0.3) is 0 Å². The van der Waals surface area contributed by atoms with Gasteiger partial charge in [-0.25, -0.2) is 0 Å². The molecule has 0 aromatic rings. The third-order valence-corrected chi connectivity index (χ3v) is 5.59. The maximum Gasteiger partial charge on any atom is 0.193 e. The molecule has 3 atom stereocenters. The highest BCUT2D eigenvalue weighted by atomic mass is 16.5. The quantitative estimate of drug-likeness (QED) is 0.589. The summed E-state index contributed by atoms with van der Waals surface area (Å²) >= 11 is 0. The second kappa shape index (κ2) is 9.22. The van der Waals surface area contributed by atoms with Gasteiger partial charge in [0.25, 0.3) is 0 Å². The molecule has 0 spiro atoms. The molecule has 5 heteroatoms. The number of hydrogen-bond acceptors (Lipinski definition) is 3. The zero-order valence-corrected chi connectivity index (χ0v) is 17.3. The van der Waals surface area contributed by atoms with Gasteiger partial charge in [0.15, 0.2) is 5.96 Å². The fourth-order valence-corrected chi connectivity index (χ4v) is 4.20. The lowest BCUT2D eigenvalue weighted by Crippen LogP contribution is -2.53.